The minimum atomic E-state index is 0.951. The lowest BCUT2D eigenvalue weighted by molar-refractivity contribution is 1.11. The Morgan fingerprint density at radius 3 is 1.48 bits per heavy atom. The molecule has 0 N–H and O–H groups in total. The molecule has 3 nitrogen and oxygen atoms in total. The predicted octanol–water partition coefficient (Wildman–Crippen LogP) is 11.2. The van der Waals surface area contributed by atoms with E-state index in [0.29, 0.717) is 0 Å². The van der Waals surface area contributed by atoms with Crippen LogP contribution in [-0.4, -0.2) is 14.1 Å². The van der Waals surface area contributed by atoms with Crippen molar-refractivity contribution in [3.8, 4) is 22.8 Å². The summed E-state index contributed by atoms with van der Waals surface area (Å²) in [5.74, 6) is 0.951. The number of hydrogen-bond donors (Lipinski definition) is 0. The van der Waals surface area contributed by atoms with Crippen LogP contribution in [-0.2, 0) is 0 Å². The van der Waals surface area contributed by atoms with Crippen LogP contribution in [0.1, 0.15) is 0 Å². The molecule has 2 heterocycles. The molecule has 0 aliphatic heterocycles. The van der Waals surface area contributed by atoms with Gasteiger partial charge >= 0.3 is 0 Å². The number of nitrogens with zero attached hydrogens (tertiary/aromatic N) is 3. The van der Waals surface area contributed by atoms with Crippen LogP contribution in [0.15, 0.2) is 164 Å². The zero-order valence-electron chi connectivity index (χ0n) is 24.9. The fourth-order valence-corrected chi connectivity index (χ4v) is 7.41. The highest BCUT2D eigenvalue weighted by Crippen LogP contribution is 2.37. The van der Waals surface area contributed by atoms with Gasteiger partial charge in [-0.2, -0.15) is 0 Å². The summed E-state index contributed by atoms with van der Waals surface area (Å²) in [5, 5.41) is 10.1. The van der Waals surface area contributed by atoms with Crippen molar-refractivity contribution in [2.24, 2.45) is 0 Å². The molecule has 0 saturated heterocycles. The minimum absolute atomic E-state index is 0.951. The van der Waals surface area contributed by atoms with Crippen LogP contribution in [0.2, 0.25) is 0 Å². The van der Waals surface area contributed by atoms with E-state index in [1.54, 1.807) is 0 Å². The molecule has 0 bridgehead atoms. The van der Waals surface area contributed by atoms with Gasteiger partial charge < -0.3 is 4.57 Å². The number of hydrogen-bond acceptors (Lipinski definition) is 1. The average molecular weight is 586 g/mol. The maximum absolute atomic E-state index is 5.04. The van der Waals surface area contributed by atoms with E-state index >= 15 is 0 Å². The van der Waals surface area contributed by atoms with Crippen LogP contribution in [0, 0.1) is 0 Å². The highest BCUT2D eigenvalue weighted by molar-refractivity contribution is 6.18. The van der Waals surface area contributed by atoms with Gasteiger partial charge in [-0.05, 0) is 80.8 Å². The molecule has 10 aromatic rings. The second-order valence-electron chi connectivity index (χ2n) is 12.0. The Balaban J connectivity index is 1.14. The lowest BCUT2D eigenvalue weighted by Crippen LogP contribution is -1.97. The summed E-state index contributed by atoms with van der Waals surface area (Å²) in [7, 11) is 0. The summed E-state index contributed by atoms with van der Waals surface area (Å²) in [4.78, 5) is 5.04. The van der Waals surface area contributed by atoms with Gasteiger partial charge in [0.05, 0.1) is 22.1 Å². The van der Waals surface area contributed by atoms with Crippen molar-refractivity contribution in [1.29, 1.82) is 0 Å². The zero-order chi connectivity index (χ0) is 30.2. The van der Waals surface area contributed by atoms with Gasteiger partial charge in [-0.3, -0.25) is 4.57 Å². The highest BCUT2D eigenvalue weighted by Gasteiger charge is 2.16. The zero-order valence-corrected chi connectivity index (χ0v) is 24.9. The summed E-state index contributed by atoms with van der Waals surface area (Å²) in [6.07, 6.45) is 0. The molecule has 3 heteroatoms. The van der Waals surface area contributed by atoms with Crippen LogP contribution in [0.3, 0.4) is 0 Å². The van der Waals surface area contributed by atoms with E-state index in [9.17, 15) is 0 Å². The Bertz CT molecular complexity index is 2750. The lowest BCUT2D eigenvalue weighted by atomic mass is 9.96. The molecule has 0 aliphatic carbocycles. The van der Waals surface area contributed by atoms with Gasteiger partial charge in [-0.25, -0.2) is 4.98 Å². The summed E-state index contributed by atoms with van der Waals surface area (Å²) in [5.41, 5.74) is 7.94. The first kappa shape index (κ1) is 25.2. The molecule has 0 fully saturated rings. The molecule has 2 aromatic heterocycles. The standard InChI is InChI=1S/C43H27N3/c1-2-10-28(11-3-1)43-44-39-14-6-9-17-42(39)46(43)32-21-25-34-30(27-32)19-23-35-33-24-20-31(26-29(33)18-22-36(34)35)45-40-15-7-4-12-37(40)38-13-5-8-16-41(38)45/h1-27H. The third-order valence-electron chi connectivity index (χ3n) is 9.49. The van der Waals surface area contributed by atoms with Crippen LogP contribution >= 0.6 is 0 Å². The van der Waals surface area contributed by atoms with Gasteiger partial charge in [0.1, 0.15) is 5.82 Å². The Hall–Kier alpha value is -6.19. The number of imidazole rings is 1. The van der Waals surface area contributed by atoms with Crippen LogP contribution in [0.25, 0.3) is 87.9 Å². The first-order chi connectivity index (χ1) is 22.8. The fourth-order valence-electron chi connectivity index (χ4n) is 7.41. The number of para-hydroxylation sites is 4. The van der Waals surface area contributed by atoms with Crippen molar-refractivity contribution < 1.29 is 0 Å². The third kappa shape index (κ3) is 3.63. The Morgan fingerprint density at radius 1 is 0.348 bits per heavy atom. The van der Waals surface area contributed by atoms with E-state index < -0.39 is 0 Å². The smallest absolute Gasteiger partial charge is 0.145 e. The van der Waals surface area contributed by atoms with Crippen molar-refractivity contribution in [1.82, 2.24) is 14.1 Å². The highest BCUT2D eigenvalue weighted by atomic mass is 15.1. The summed E-state index contributed by atoms with van der Waals surface area (Å²) < 4.78 is 4.67. The predicted molar refractivity (Wildman–Crippen MR) is 193 cm³/mol. The summed E-state index contributed by atoms with van der Waals surface area (Å²) >= 11 is 0. The second kappa shape index (κ2) is 9.65. The van der Waals surface area contributed by atoms with Crippen molar-refractivity contribution in [2.45, 2.75) is 0 Å². The van der Waals surface area contributed by atoms with E-state index in [2.05, 4.69) is 167 Å². The number of rotatable bonds is 3. The Morgan fingerprint density at radius 2 is 0.848 bits per heavy atom. The largest absolute Gasteiger partial charge is 0.309 e. The molecular weight excluding hydrogens is 558 g/mol. The van der Waals surface area contributed by atoms with Crippen molar-refractivity contribution >= 4 is 65.2 Å². The second-order valence-corrected chi connectivity index (χ2v) is 12.0. The molecular formula is C43H27N3. The molecule has 0 spiro atoms. The van der Waals surface area contributed by atoms with E-state index in [1.165, 1.54) is 59.8 Å². The monoisotopic (exact) mass is 585 g/mol. The van der Waals surface area contributed by atoms with Crippen molar-refractivity contribution in [3.63, 3.8) is 0 Å². The molecule has 46 heavy (non-hydrogen) atoms. The van der Waals surface area contributed by atoms with Gasteiger partial charge in [0.15, 0.2) is 0 Å². The van der Waals surface area contributed by atoms with Crippen LogP contribution in [0.5, 0.6) is 0 Å². The van der Waals surface area contributed by atoms with Gasteiger partial charge in [0.25, 0.3) is 0 Å². The lowest BCUT2D eigenvalue weighted by Gasteiger charge is -2.13. The topological polar surface area (TPSA) is 22.8 Å². The van der Waals surface area contributed by atoms with E-state index in [0.717, 1.165) is 28.1 Å². The molecule has 0 atom stereocenters. The summed E-state index contributed by atoms with van der Waals surface area (Å²) in [6, 6.07) is 59.0. The van der Waals surface area contributed by atoms with Gasteiger partial charge in [-0.1, -0.05) is 115 Å². The van der Waals surface area contributed by atoms with Gasteiger partial charge in [0, 0.05) is 27.7 Å². The Kier molecular flexibility index (Phi) is 5.28. The van der Waals surface area contributed by atoms with E-state index in [1.807, 2.05) is 6.07 Å². The van der Waals surface area contributed by atoms with Crippen LogP contribution in [0.4, 0.5) is 0 Å². The molecule has 0 aliphatic rings. The van der Waals surface area contributed by atoms with Crippen LogP contribution < -0.4 is 0 Å². The fraction of sp³-hybridized carbons (Fsp3) is 0. The molecule has 0 saturated carbocycles. The maximum atomic E-state index is 5.04. The molecule has 0 radical (unpaired) electrons. The Labute approximate surface area is 265 Å². The molecule has 10 rings (SSSR count). The van der Waals surface area contributed by atoms with Crippen molar-refractivity contribution in [2.75, 3.05) is 0 Å². The summed E-state index contributed by atoms with van der Waals surface area (Å²) in [6.45, 7) is 0. The quantitative estimate of drug-likeness (QED) is 0.189. The molecule has 214 valence electrons. The number of aromatic nitrogens is 3. The maximum Gasteiger partial charge on any atom is 0.145 e. The van der Waals surface area contributed by atoms with Crippen molar-refractivity contribution in [3.05, 3.63) is 164 Å². The number of fused-ring (bicyclic) bond motifs is 9. The SMILES string of the molecule is c1ccc(-c2nc3ccccc3n2-c2ccc3c(ccc4c5ccc(-n6c7ccccc7c7ccccc76)cc5ccc34)c2)cc1. The first-order valence-electron chi connectivity index (χ1n) is 15.7. The number of benzene rings is 8. The van der Waals surface area contributed by atoms with E-state index in [4.69, 9.17) is 4.98 Å². The minimum Gasteiger partial charge on any atom is -0.309 e. The third-order valence-corrected chi connectivity index (χ3v) is 9.49. The molecule has 0 unspecified atom stereocenters. The average Bonchev–Trinajstić information content (AvgIpc) is 3.68. The normalized spacial score (nSPS) is 11.9. The molecule has 0 amide bonds. The first-order valence-corrected chi connectivity index (χ1v) is 15.7. The van der Waals surface area contributed by atoms with Gasteiger partial charge in [-0.15, -0.1) is 0 Å². The molecule has 8 aromatic carbocycles. The van der Waals surface area contributed by atoms with Gasteiger partial charge in [0.2, 0.25) is 0 Å². The van der Waals surface area contributed by atoms with E-state index in [-0.39, 0.29) is 0 Å².